The molecule has 5 heteroatoms. The van der Waals surface area contributed by atoms with Crippen LogP contribution in [0.1, 0.15) is 76.6 Å². The summed E-state index contributed by atoms with van der Waals surface area (Å²) in [4.78, 5) is 32.0. The lowest BCUT2D eigenvalue weighted by atomic mass is 9.90. The van der Waals surface area contributed by atoms with Gasteiger partial charge < -0.3 is 9.80 Å². The van der Waals surface area contributed by atoms with Crippen molar-refractivity contribution in [2.45, 2.75) is 58.9 Å². The molecule has 1 aliphatic heterocycles. The van der Waals surface area contributed by atoms with Gasteiger partial charge in [-0.2, -0.15) is 0 Å². The van der Waals surface area contributed by atoms with Crippen LogP contribution in [0.4, 0.5) is 0 Å². The van der Waals surface area contributed by atoms with Crippen molar-refractivity contribution in [1.29, 1.82) is 0 Å². The van der Waals surface area contributed by atoms with E-state index >= 15 is 0 Å². The van der Waals surface area contributed by atoms with Crippen LogP contribution < -0.4 is 0 Å². The molecule has 35 heavy (non-hydrogen) atoms. The molecule has 0 saturated heterocycles. The lowest BCUT2D eigenvalue weighted by molar-refractivity contribution is -0.134. The third-order valence-corrected chi connectivity index (χ3v) is 8.03. The Hall–Kier alpha value is -2.92. The van der Waals surface area contributed by atoms with Crippen LogP contribution in [0.15, 0.2) is 60.0 Å². The number of carbonyl (C=O) groups excluding carboxylic acids is 2. The summed E-state index contributed by atoms with van der Waals surface area (Å²) >= 11 is 1.77. The van der Waals surface area contributed by atoms with Crippen molar-refractivity contribution in [3.8, 4) is 0 Å². The smallest absolute Gasteiger partial charge is 0.254 e. The number of thiophene rings is 1. The van der Waals surface area contributed by atoms with Crippen molar-refractivity contribution in [3.05, 3.63) is 92.7 Å². The first kappa shape index (κ1) is 25.2. The van der Waals surface area contributed by atoms with E-state index in [9.17, 15) is 9.59 Å². The van der Waals surface area contributed by atoms with Gasteiger partial charge in [0.05, 0.1) is 6.04 Å². The Morgan fingerprint density at radius 1 is 1.00 bits per heavy atom. The Morgan fingerprint density at radius 3 is 2.49 bits per heavy atom. The molecule has 2 heterocycles. The van der Waals surface area contributed by atoms with Crippen LogP contribution in [0.2, 0.25) is 0 Å². The highest BCUT2D eigenvalue weighted by Gasteiger charge is 2.34. The lowest BCUT2D eigenvalue weighted by Crippen LogP contribution is -2.46. The van der Waals surface area contributed by atoms with Crippen LogP contribution >= 0.6 is 11.3 Å². The predicted octanol–water partition coefficient (Wildman–Crippen LogP) is 6.43. The van der Waals surface area contributed by atoms with Gasteiger partial charge in [-0.1, -0.05) is 56.2 Å². The topological polar surface area (TPSA) is 40.6 Å². The minimum atomic E-state index is -0.102. The van der Waals surface area contributed by atoms with Crippen LogP contribution in [-0.2, 0) is 17.6 Å². The minimum absolute atomic E-state index is 0.00138. The molecule has 1 unspecified atom stereocenters. The van der Waals surface area contributed by atoms with E-state index in [2.05, 4.69) is 49.6 Å². The van der Waals surface area contributed by atoms with Gasteiger partial charge in [-0.25, -0.2) is 0 Å². The second-order valence-corrected chi connectivity index (χ2v) is 10.4. The molecule has 0 saturated carbocycles. The van der Waals surface area contributed by atoms with E-state index in [-0.39, 0.29) is 24.4 Å². The Balaban J connectivity index is 1.51. The lowest BCUT2D eigenvalue weighted by Gasteiger charge is -2.38. The fraction of sp³-hybridized carbons (Fsp3) is 0.400. The van der Waals surface area contributed by atoms with Gasteiger partial charge in [0, 0.05) is 23.5 Å². The molecule has 3 aromatic rings. The van der Waals surface area contributed by atoms with Crippen molar-refractivity contribution in [2.24, 2.45) is 0 Å². The standard InChI is InChI=1S/C30H36N2O2S/c1-4-6-7-11-23-13-15-24(16-14-23)30(34)31(5-2)21-28(33)32-19-17-27-26(18-20-35-27)29(32)25-12-9-8-10-22(25)3/h8-10,12-16,18,20,29H,4-7,11,17,19,21H2,1-3H3. The molecule has 0 radical (unpaired) electrons. The number of hydrogen-bond donors (Lipinski definition) is 0. The average molecular weight is 489 g/mol. The summed E-state index contributed by atoms with van der Waals surface area (Å²) in [6.45, 7) is 7.51. The molecule has 1 aromatic heterocycles. The molecule has 0 bridgehead atoms. The second kappa shape index (κ2) is 11.7. The monoisotopic (exact) mass is 488 g/mol. The first-order valence-electron chi connectivity index (χ1n) is 12.8. The Bertz CT molecular complexity index is 1150. The first-order valence-corrected chi connectivity index (χ1v) is 13.7. The number of unbranched alkanes of at least 4 members (excludes halogenated alkanes) is 2. The van der Waals surface area contributed by atoms with Gasteiger partial charge in [0.25, 0.3) is 5.91 Å². The number of hydrogen-bond acceptors (Lipinski definition) is 3. The molecule has 0 spiro atoms. The molecule has 4 rings (SSSR count). The highest BCUT2D eigenvalue weighted by atomic mass is 32.1. The first-order chi connectivity index (χ1) is 17.0. The van der Waals surface area contributed by atoms with Gasteiger partial charge in [0.2, 0.25) is 5.91 Å². The zero-order chi connectivity index (χ0) is 24.8. The molecule has 1 atom stereocenters. The number of rotatable bonds is 9. The van der Waals surface area contributed by atoms with Gasteiger partial charge in [-0.05, 0) is 78.9 Å². The van der Waals surface area contributed by atoms with Gasteiger partial charge in [0.1, 0.15) is 6.54 Å². The van der Waals surface area contributed by atoms with Crippen molar-refractivity contribution in [3.63, 3.8) is 0 Å². The van der Waals surface area contributed by atoms with E-state index in [0.717, 1.165) is 18.4 Å². The van der Waals surface area contributed by atoms with Crippen LogP contribution in [0, 0.1) is 6.92 Å². The molecular formula is C30H36N2O2S. The fourth-order valence-electron chi connectivity index (χ4n) is 4.97. The Morgan fingerprint density at radius 2 is 1.77 bits per heavy atom. The van der Waals surface area contributed by atoms with Crippen molar-refractivity contribution < 1.29 is 9.59 Å². The Labute approximate surface area is 213 Å². The van der Waals surface area contributed by atoms with Crippen LogP contribution in [0.25, 0.3) is 0 Å². The van der Waals surface area contributed by atoms with E-state index in [0.29, 0.717) is 18.7 Å². The van der Waals surface area contributed by atoms with Gasteiger partial charge in [-0.3, -0.25) is 9.59 Å². The average Bonchev–Trinajstić information content (AvgIpc) is 3.36. The highest BCUT2D eigenvalue weighted by Crippen LogP contribution is 2.39. The number of amides is 2. The predicted molar refractivity (Wildman–Crippen MR) is 144 cm³/mol. The summed E-state index contributed by atoms with van der Waals surface area (Å²) < 4.78 is 0. The summed E-state index contributed by atoms with van der Waals surface area (Å²) in [5.41, 5.74) is 5.46. The summed E-state index contributed by atoms with van der Waals surface area (Å²) in [5.74, 6) is -0.0804. The minimum Gasteiger partial charge on any atom is -0.330 e. The second-order valence-electron chi connectivity index (χ2n) is 9.37. The zero-order valence-electron chi connectivity index (χ0n) is 21.1. The molecule has 0 aliphatic carbocycles. The number of carbonyl (C=O) groups is 2. The van der Waals surface area contributed by atoms with Crippen molar-refractivity contribution >= 4 is 23.2 Å². The van der Waals surface area contributed by atoms with Gasteiger partial charge >= 0.3 is 0 Å². The number of aryl methyl sites for hydroxylation is 2. The summed E-state index contributed by atoms with van der Waals surface area (Å²) in [7, 11) is 0. The van der Waals surface area contributed by atoms with Gasteiger partial charge in [0.15, 0.2) is 0 Å². The van der Waals surface area contributed by atoms with Crippen LogP contribution in [0.5, 0.6) is 0 Å². The van der Waals surface area contributed by atoms with Gasteiger partial charge in [-0.15, -0.1) is 11.3 Å². The largest absolute Gasteiger partial charge is 0.330 e. The van der Waals surface area contributed by atoms with E-state index in [4.69, 9.17) is 0 Å². The number of benzene rings is 2. The quantitative estimate of drug-likeness (QED) is 0.326. The number of likely N-dealkylation sites (N-methyl/N-ethyl adjacent to an activating group) is 1. The zero-order valence-corrected chi connectivity index (χ0v) is 21.9. The fourth-order valence-corrected chi connectivity index (χ4v) is 5.87. The molecule has 1 aliphatic rings. The molecule has 4 nitrogen and oxygen atoms in total. The summed E-state index contributed by atoms with van der Waals surface area (Å²) in [5, 5.41) is 2.12. The molecule has 0 fully saturated rings. The third kappa shape index (κ3) is 5.67. The van der Waals surface area contributed by atoms with Crippen LogP contribution in [0.3, 0.4) is 0 Å². The molecular weight excluding hydrogens is 452 g/mol. The number of nitrogens with zero attached hydrogens (tertiary/aromatic N) is 2. The maximum absolute atomic E-state index is 13.7. The number of fused-ring (bicyclic) bond motifs is 1. The van der Waals surface area contributed by atoms with E-state index in [1.54, 1.807) is 16.2 Å². The third-order valence-electron chi connectivity index (χ3n) is 7.03. The summed E-state index contributed by atoms with van der Waals surface area (Å²) in [6, 6.07) is 18.3. The maximum Gasteiger partial charge on any atom is 0.254 e. The van der Waals surface area contributed by atoms with Crippen LogP contribution in [-0.4, -0.2) is 41.2 Å². The maximum atomic E-state index is 13.7. The van der Waals surface area contributed by atoms with E-state index in [1.165, 1.54) is 40.8 Å². The van der Waals surface area contributed by atoms with Crippen molar-refractivity contribution in [1.82, 2.24) is 9.80 Å². The van der Waals surface area contributed by atoms with Crippen molar-refractivity contribution in [2.75, 3.05) is 19.6 Å². The molecule has 0 N–H and O–H groups in total. The highest BCUT2D eigenvalue weighted by molar-refractivity contribution is 7.10. The van der Waals surface area contributed by atoms with E-state index in [1.807, 2.05) is 36.1 Å². The molecule has 2 amide bonds. The SMILES string of the molecule is CCCCCc1ccc(C(=O)N(CC)CC(=O)N2CCc3sccc3C2c2ccccc2C)cc1. The molecule has 2 aromatic carbocycles. The normalized spacial score (nSPS) is 15.1. The Kier molecular flexibility index (Phi) is 8.40. The summed E-state index contributed by atoms with van der Waals surface area (Å²) in [6.07, 6.45) is 5.49. The molecule has 184 valence electrons. The van der Waals surface area contributed by atoms with E-state index < -0.39 is 0 Å².